The summed E-state index contributed by atoms with van der Waals surface area (Å²) in [7, 11) is 0. The maximum absolute atomic E-state index is 13.1. The van der Waals surface area contributed by atoms with E-state index in [1.165, 1.54) is 35.1 Å². The van der Waals surface area contributed by atoms with Gasteiger partial charge in [0.1, 0.15) is 0 Å². The Kier molecular flexibility index (Phi) is 4.25. The number of hydrogen-bond donors (Lipinski definition) is 1. The van der Waals surface area contributed by atoms with Gasteiger partial charge < -0.3 is 19.9 Å². The standard InChI is InChI=1S/C23H33N3O2/c1-22(2,3)17-9-16-6-8-25(21(27)26-12-23(13-26)14-28-15-23)11-19(16)18(10-17)20-5-4-7-24-20/h9-10,20,24H,4-8,11-15H2,1-3H3/t20-/m0/s1. The van der Waals surface area contributed by atoms with Crippen molar-refractivity contribution in [2.24, 2.45) is 5.41 Å². The summed E-state index contributed by atoms with van der Waals surface area (Å²) in [6.45, 7) is 13.0. The molecule has 0 radical (unpaired) electrons. The number of benzene rings is 1. The van der Waals surface area contributed by atoms with Crippen molar-refractivity contribution in [3.05, 3.63) is 34.4 Å². The molecule has 0 bridgehead atoms. The van der Waals surface area contributed by atoms with Crippen molar-refractivity contribution in [3.63, 3.8) is 0 Å². The molecule has 5 rings (SSSR count). The minimum Gasteiger partial charge on any atom is -0.380 e. The van der Waals surface area contributed by atoms with E-state index in [1.54, 1.807) is 0 Å². The van der Waals surface area contributed by atoms with Gasteiger partial charge in [-0.25, -0.2) is 4.79 Å². The molecule has 28 heavy (non-hydrogen) atoms. The van der Waals surface area contributed by atoms with Gasteiger partial charge in [0.15, 0.2) is 0 Å². The highest BCUT2D eigenvalue weighted by Gasteiger charge is 2.51. The number of hydrogen-bond acceptors (Lipinski definition) is 3. The number of ether oxygens (including phenoxy) is 1. The van der Waals surface area contributed by atoms with Gasteiger partial charge in [0.2, 0.25) is 0 Å². The predicted molar refractivity (Wildman–Crippen MR) is 109 cm³/mol. The molecular formula is C23H33N3O2. The van der Waals surface area contributed by atoms with E-state index in [0.29, 0.717) is 6.04 Å². The Labute approximate surface area is 168 Å². The lowest BCUT2D eigenvalue weighted by atomic mass is 9.78. The number of nitrogens with one attached hydrogen (secondary N) is 1. The summed E-state index contributed by atoms with van der Waals surface area (Å²) in [6, 6.07) is 5.47. The second-order valence-corrected chi connectivity index (χ2v) is 10.4. The highest BCUT2D eigenvalue weighted by atomic mass is 16.5. The molecular weight excluding hydrogens is 350 g/mol. The number of carbonyl (C=O) groups is 1. The maximum atomic E-state index is 13.1. The fourth-order valence-electron chi connectivity index (χ4n) is 5.23. The van der Waals surface area contributed by atoms with Crippen LogP contribution in [0.2, 0.25) is 0 Å². The minimum absolute atomic E-state index is 0.145. The molecule has 1 atom stereocenters. The van der Waals surface area contributed by atoms with Crippen LogP contribution >= 0.6 is 0 Å². The van der Waals surface area contributed by atoms with Crippen LogP contribution in [0.4, 0.5) is 4.79 Å². The van der Waals surface area contributed by atoms with Crippen molar-refractivity contribution in [3.8, 4) is 0 Å². The largest absolute Gasteiger partial charge is 0.380 e. The molecule has 1 N–H and O–H groups in total. The summed E-state index contributed by atoms with van der Waals surface area (Å²) in [5.41, 5.74) is 6.13. The molecule has 3 fully saturated rings. The Morgan fingerprint density at radius 1 is 1.21 bits per heavy atom. The molecule has 2 amide bonds. The lowest BCUT2D eigenvalue weighted by molar-refractivity contribution is -0.177. The van der Waals surface area contributed by atoms with Crippen LogP contribution in [0.5, 0.6) is 0 Å². The fraction of sp³-hybridized carbons (Fsp3) is 0.696. The fourth-order valence-corrected chi connectivity index (χ4v) is 5.23. The molecule has 1 spiro atoms. The molecule has 4 aliphatic heterocycles. The third kappa shape index (κ3) is 3.03. The summed E-state index contributed by atoms with van der Waals surface area (Å²) < 4.78 is 5.35. The van der Waals surface area contributed by atoms with Crippen LogP contribution in [-0.2, 0) is 23.1 Å². The Bertz CT molecular complexity index is 780. The van der Waals surface area contributed by atoms with Crippen molar-refractivity contribution in [2.45, 2.75) is 58.0 Å². The number of carbonyl (C=O) groups excluding carboxylic acids is 1. The molecule has 4 heterocycles. The summed E-state index contributed by atoms with van der Waals surface area (Å²) in [5, 5.41) is 3.69. The topological polar surface area (TPSA) is 44.8 Å². The summed E-state index contributed by atoms with van der Waals surface area (Å²) in [4.78, 5) is 17.2. The highest BCUT2D eigenvalue weighted by Crippen LogP contribution is 2.39. The Balaban J connectivity index is 1.40. The van der Waals surface area contributed by atoms with E-state index in [0.717, 1.165) is 52.4 Å². The zero-order chi connectivity index (χ0) is 19.5. The van der Waals surface area contributed by atoms with Crippen molar-refractivity contribution >= 4 is 6.03 Å². The maximum Gasteiger partial charge on any atom is 0.320 e. The van der Waals surface area contributed by atoms with E-state index >= 15 is 0 Å². The van der Waals surface area contributed by atoms with Gasteiger partial charge >= 0.3 is 6.03 Å². The first-order valence-corrected chi connectivity index (χ1v) is 10.9. The first kappa shape index (κ1) is 18.4. The van der Waals surface area contributed by atoms with Crippen LogP contribution in [-0.4, -0.2) is 55.2 Å². The second kappa shape index (κ2) is 6.46. The molecule has 0 aromatic heterocycles. The number of nitrogens with zero attached hydrogens (tertiary/aromatic N) is 2. The summed E-state index contributed by atoms with van der Waals surface area (Å²) in [6.07, 6.45) is 3.40. The zero-order valence-electron chi connectivity index (χ0n) is 17.5. The Hall–Kier alpha value is -1.59. The van der Waals surface area contributed by atoms with Gasteiger partial charge in [-0.3, -0.25) is 0 Å². The average Bonchev–Trinajstić information content (AvgIpc) is 3.11. The van der Waals surface area contributed by atoms with Crippen molar-refractivity contribution in [1.82, 2.24) is 15.1 Å². The predicted octanol–water partition coefficient (Wildman–Crippen LogP) is 3.22. The monoisotopic (exact) mass is 383 g/mol. The SMILES string of the molecule is CC(C)(C)c1cc2c(c([C@@H]3CCCN3)c1)CN(C(=O)N1CC3(COC3)C1)CC2. The number of fused-ring (bicyclic) bond motifs is 1. The van der Waals surface area contributed by atoms with Crippen molar-refractivity contribution < 1.29 is 9.53 Å². The molecule has 4 aliphatic rings. The van der Waals surface area contributed by atoms with Crippen molar-refractivity contribution in [1.29, 1.82) is 0 Å². The lowest BCUT2D eigenvalue weighted by Crippen LogP contribution is -2.68. The van der Waals surface area contributed by atoms with Crippen LogP contribution < -0.4 is 5.32 Å². The van der Waals surface area contributed by atoms with Gasteiger partial charge in [-0.1, -0.05) is 32.9 Å². The summed E-state index contributed by atoms with van der Waals surface area (Å²) >= 11 is 0. The van der Waals surface area contributed by atoms with Crippen LogP contribution in [0.3, 0.4) is 0 Å². The van der Waals surface area contributed by atoms with Gasteiger partial charge in [0.25, 0.3) is 0 Å². The first-order chi connectivity index (χ1) is 13.3. The van der Waals surface area contributed by atoms with Gasteiger partial charge in [-0.05, 0) is 53.5 Å². The van der Waals surface area contributed by atoms with E-state index in [4.69, 9.17) is 4.74 Å². The molecule has 152 valence electrons. The van der Waals surface area contributed by atoms with E-state index < -0.39 is 0 Å². The van der Waals surface area contributed by atoms with Gasteiger partial charge in [-0.2, -0.15) is 0 Å². The summed E-state index contributed by atoms with van der Waals surface area (Å²) in [5.74, 6) is 0. The molecule has 1 aromatic rings. The minimum atomic E-state index is 0.145. The van der Waals surface area contributed by atoms with Gasteiger partial charge in [0.05, 0.1) is 18.6 Å². The second-order valence-electron chi connectivity index (χ2n) is 10.4. The van der Waals surface area contributed by atoms with E-state index in [2.05, 4.69) is 43.1 Å². The Morgan fingerprint density at radius 2 is 2.00 bits per heavy atom. The number of rotatable bonds is 1. The van der Waals surface area contributed by atoms with Crippen LogP contribution in [0.15, 0.2) is 12.1 Å². The molecule has 3 saturated heterocycles. The lowest BCUT2D eigenvalue weighted by Gasteiger charge is -2.55. The van der Waals surface area contributed by atoms with Crippen molar-refractivity contribution in [2.75, 3.05) is 39.4 Å². The molecule has 0 saturated carbocycles. The number of likely N-dealkylation sites (tertiary alicyclic amines) is 1. The third-order valence-corrected chi connectivity index (χ3v) is 7.09. The third-order valence-electron chi connectivity index (χ3n) is 7.09. The van der Waals surface area contributed by atoms with E-state index in [1.807, 2.05) is 4.90 Å². The number of amides is 2. The highest BCUT2D eigenvalue weighted by molar-refractivity contribution is 5.76. The van der Waals surface area contributed by atoms with E-state index in [-0.39, 0.29) is 16.9 Å². The van der Waals surface area contributed by atoms with Gasteiger partial charge in [0, 0.05) is 32.2 Å². The molecule has 5 nitrogen and oxygen atoms in total. The van der Waals surface area contributed by atoms with E-state index in [9.17, 15) is 4.79 Å². The van der Waals surface area contributed by atoms with Crippen LogP contribution in [0.1, 0.15) is 61.9 Å². The first-order valence-electron chi connectivity index (χ1n) is 10.9. The smallest absolute Gasteiger partial charge is 0.320 e. The number of urea groups is 1. The van der Waals surface area contributed by atoms with Crippen LogP contribution in [0.25, 0.3) is 0 Å². The molecule has 5 heteroatoms. The normalized spacial score (nSPS) is 26.0. The molecule has 0 aliphatic carbocycles. The average molecular weight is 384 g/mol. The quantitative estimate of drug-likeness (QED) is 0.810. The van der Waals surface area contributed by atoms with Crippen LogP contribution in [0, 0.1) is 5.41 Å². The molecule has 0 unspecified atom stereocenters. The Morgan fingerprint density at radius 3 is 2.61 bits per heavy atom. The zero-order valence-corrected chi connectivity index (χ0v) is 17.5. The van der Waals surface area contributed by atoms with Gasteiger partial charge in [-0.15, -0.1) is 0 Å². The molecule has 1 aromatic carbocycles.